The van der Waals surface area contributed by atoms with E-state index in [1.165, 1.54) is 6.07 Å². The van der Waals surface area contributed by atoms with Crippen LogP contribution in [0.4, 0.5) is 0 Å². The second-order valence-electron chi connectivity index (χ2n) is 3.50. The van der Waals surface area contributed by atoms with Gasteiger partial charge in [0.2, 0.25) is 0 Å². The van der Waals surface area contributed by atoms with Crippen LogP contribution in [0.5, 0.6) is 11.8 Å². The second-order valence-corrected chi connectivity index (χ2v) is 4.41. The van der Waals surface area contributed by atoms with Crippen molar-refractivity contribution in [2.45, 2.75) is 0 Å². The van der Waals surface area contributed by atoms with E-state index < -0.39 is 5.97 Å². The molecule has 3 rings (SSSR count). The Hall–Kier alpha value is -2.34. The minimum Gasteiger partial charge on any atom is -0.477 e. The van der Waals surface area contributed by atoms with Gasteiger partial charge in [0.15, 0.2) is 5.58 Å². The van der Waals surface area contributed by atoms with E-state index in [0.717, 1.165) is 11.3 Å². The molecule has 2 heterocycles. The highest BCUT2D eigenvalue weighted by Crippen LogP contribution is 2.28. The molecule has 0 aliphatic carbocycles. The molecule has 0 fully saturated rings. The summed E-state index contributed by atoms with van der Waals surface area (Å²) in [5.74, 6) is -0.573. The molecule has 1 N–H and O–H groups in total. The third-order valence-corrected chi connectivity index (χ3v) is 3.16. The van der Waals surface area contributed by atoms with Gasteiger partial charge in [-0.05, 0) is 12.1 Å². The molecular weight excluding hydrogens is 254 g/mol. The summed E-state index contributed by atoms with van der Waals surface area (Å²) in [6, 6.07) is 8.71. The number of thiophene rings is 1. The molecule has 0 atom stereocenters. The molecule has 0 amide bonds. The van der Waals surface area contributed by atoms with E-state index in [0.29, 0.717) is 16.8 Å². The fourth-order valence-corrected chi connectivity index (χ4v) is 2.12. The summed E-state index contributed by atoms with van der Waals surface area (Å²) in [5.41, 5.74) is 1.32. The molecule has 6 heteroatoms. The minimum absolute atomic E-state index is 0.103. The number of oxazole rings is 1. The zero-order valence-electron chi connectivity index (χ0n) is 8.99. The molecule has 5 nitrogen and oxygen atoms in total. The summed E-state index contributed by atoms with van der Waals surface area (Å²) in [6.07, 6.45) is 0.103. The van der Waals surface area contributed by atoms with E-state index in [-0.39, 0.29) is 11.0 Å². The topological polar surface area (TPSA) is 72.6 Å². The van der Waals surface area contributed by atoms with Crippen LogP contribution in [0.25, 0.3) is 11.1 Å². The minimum atomic E-state index is -0.979. The summed E-state index contributed by atoms with van der Waals surface area (Å²) in [6.45, 7) is 0. The van der Waals surface area contributed by atoms with Crippen LogP contribution in [-0.2, 0) is 0 Å². The predicted octanol–water partition coefficient (Wildman–Crippen LogP) is 3.38. The van der Waals surface area contributed by atoms with Crippen LogP contribution in [0.3, 0.4) is 0 Å². The zero-order valence-corrected chi connectivity index (χ0v) is 9.81. The van der Waals surface area contributed by atoms with E-state index in [4.69, 9.17) is 14.3 Å². The van der Waals surface area contributed by atoms with E-state index in [2.05, 4.69) is 4.98 Å². The molecule has 0 saturated heterocycles. The molecule has 2 aromatic heterocycles. The van der Waals surface area contributed by atoms with Crippen LogP contribution in [0.15, 0.2) is 40.1 Å². The van der Waals surface area contributed by atoms with Crippen LogP contribution >= 0.6 is 11.3 Å². The Balaban J connectivity index is 1.88. The highest BCUT2D eigenvalue weighted by molar-refractivity contribution is 7.12. The van der Waals surface area contributed by atoms with Crippen molar-refractivity contribution >= 4 is 28.4 Å². The van der Waals surface area contributed by atoms with Crippen molar-refractivity contribution in [3.8, 4) is 11.8 Å². The molecule has 0 radical (unpaired) electrons. The van der Waals surface area contributed by atoms with Crippen LogP contribution in [0.1, 0.15) is 9.67 Å². The lowest BCUT2D eigenvalue weighted by Gasteiger charge is -1.93. The number of rotatable bonds is 3. The fraction of sp³-hybridized carbons (Fsp3) is 0. The Kier molecular flexibility index (Phi) is 2.49. The maximum atomic E-state index is 10.7. The number of carbonyl (C=O) groups is 1. The van der Waals surface area contributed by atoms with Gasteiger partial charge in [-0.1, -0.05) is 12.1 Å². The van der Waals surface area contributed by atoms with Gasteiger partial charge in [-0.2, -0.15) is 4.98 Å². The van der Waals surface area contributed by atoms with E-state index in [9.17, 15) is 4.79 Å². The molecule has 18 heavy (non-hydrogen) atoms. The van der Waals surface area contributed by atoms with E-state index in [1.54, 1.807) is 11.4 Å². The van der Waals surface area contributed by atoms with Crippen LogP contribution in [0.2, 0.25) is 0 Å². The molecule has 0 unspecified atom stereocenters. The molecule has 90 valence electrons. The van der Waals surface area contributed by atoms with Crippen molar-refractivity contribution in [3.05, 3.63) is 40.6 Å². The van der Waals surface area contributed by atoms with Gasteiger partial charge in [0.1, 0.15) is 16.1 Å². The van der Waals surface area contributed by atoms with Crippen molar-refractivity contribution in [3.63, 3.8) is 0 Å². The lowest BCUT2D eigenvalue weighted by atomic mass is 10.3. The first-order chi connectivity index (χ1) is 8.72. The number of hydrogen-bond donors (Lipinski definition) is 1. The van der Waals surface area contributed by atoms with Gasteiger partial charge in [-0.25, -0.2) is 4.79 Å². The van der Waals surface area contributed by atoms with Gasteiger partial charge in [-0.3, -0.25) is 0 Å². The average molecular weight is 261 g/mol. The molecule has 0 bridgehead atoms. The Morgan fingerprint density at radius 3 is 2.94 bits per heavy atom. The standard InChI is InChI=1S/C12H7NO4S/c14-11(15)10-5-7(6-18-10)16-12-13-8-3-1-2-4-9(8)17-12/h1-6H,(H,14,15). The zero-order chi connectivity index (χ0) is 12.5. The number of hydrogen-bond acceptors (Lipinski definition) is 5. The van der Waals surface area contributed by atoms with Crippen LogP contribution in [-0.4, -0.2) is 16.1 Å². The van der Waals surface area contributed by atoms with E-state index in [1.807, 2.05) is 18.2 Å². The number of ether oxygens (including phenoxy) is 1. The number of aromatic carboxylic acids is 1. The predicted molar refractivity (Wildman–Crippen MR) is 65.4 cm³/mol. The number of carboxylic acid groups (broad SMARTS) is 1. The van der Waals surface area contributed by atoms with Gasteiger partial charge in [0.25, 0.3) is 0 Å². The molecule has 0 aliphatic heterocycles. The first-order valence-corrected chi connectivity index (χ1v) is 5.95. The maximum absolute atomic E-state index is 10.7. The third-order valence-electron chi connectivity index (χ3n) is 2.27. The highest BCUT2D eigenvalue weighted by Gasteiger charge is 2.11. The van der Waals surface area contributed by atoms with Gasteiger partial charge in [-0.15, -0.1) is 11.3 Å². The molecule has 0 saturated carbocycles. The number of carboxylic acids is 1. The van der Waals surface area contributed by atoms with E-state index >= 15 is 0 Å². The normalized spacial score (nSPS) is 10.7. The highest BCUT2D eigenvalue weighted by atomic mass is 32.1. The quantitative estimate of drug-likeness (QED) is 0.782. The number of benzene rings is 1. The van der Waals surface area contributed by atoms with Gasteiger partial charge in [0.05, 0.1) is 0 Å². The first kappa shape index (κ1) is 10.8. The monoisotopic (exact) mass is 261 g/mol. The van der Waals surface area contributed by atoms with Crippen molar-refractivity contribution in [1.29, 1.82) is 0 Å². The molecule has 0 spiro atoms. The smallest absolute Gasteiger partial charge is 0.400 e. The molecule has 1 aromatic carbocycles. The number of fused-ring (bicyclic) bond motifs is 1. The summed E-state index contributed by atoms with van der Waals surface area (Å²) >= 11 is 1.09. The Bertz CT molecular complexity index is 683. The lowest BCUT2D eigenvalue weighted by Crippen LogP contribution is -1.90. The van der Waals surface area contributed by atoms with Crippen molar-refractivity contribution in [1.82, 2.24) is 4.98 Å². The third kappa shape index (κ3) is 1.93. The molecular formula is C12H7NO4S. The number of para-hydroxylation sites is 2. The van der Waals surface area contributed by atoms with Crippen LogP contribution < -0.4 is 4.74 Å². The lowest BCUT2D eigenvalue weighted by molar-refractivity contribution is 0.0702. The number of nitrogens with zero attached hydrogens (tertiary/aromatic N) is 1. The Morgan fingerprint density at radius 1 is 1.39 bits per heavy atom. The fourth-order valence-electron chi connectivity index (χ4n) is 1.48. The second kappa shape index (κ2) is 4.15. The summed E-state index contributed by atoms with van der Waals surface area (Å²) in [7, 11) is 0. The summed E-state index contributed by atoms with van der Waals surface area (Å²) in [5, 5.41) is 10.4. The van der Waals surface area contributed by atoms with Crippen LogP contribution in [0, 0.1) is 0 Å². The molecule has 3 aromatic rings. The first-order valence-electron chi connectivity index (χ1n) is 5.07. The van der Waals surface area contributed by atoms with Crippen molar-refractivity contribution in [2.24, 2.45) is 0 Å². The largest absolute Gasteiger partial charge is 0.477 e. The number of aromatic nitrogens is 1. The SMILES string of the molecule is O=C(O)c1cc(Oc2nc3ccccc3o2)cs1. The summed E-state index contributed by atoms with van der Waals surface area (Å²) in [4.78, 5) is 15.1. The van der Waals surface area contributed by atoms with Gasteiger partial charge < -0.3 is 14.3 Å². The molecule has 0 aliphatic rings. The Morgan fingerprint density at radius 2 is 2.22 bits per heavy atom. The Labute approximate surface area is 105 Å². The van der Waals surface area contributed by atoms with Gasteiger partial charge >= 0.3 is 12.0 Å². The maximum Gasteiger partial charge on any atom is 0.400 e. The summed E-state index contributed by atoms with van der Waals surface area (Å²) < 4.78 is 10.7. The van der Waals surface area contributed by atoms with Gasteiger partial charge in [0, 0.05) is 11.4 Å². The van der Waals surface area contributed by atoms with Crippen molar-refractivity contribution < 1.29 is 19.1 Å². The average Bonchev–Trinajstić information content (AvgIpc) is 2.94. The van der Waals surface area contributed by atoms with Crippen molar-refractivity contribution in [2.75, 3.05) is 0 Å².